The normalized spacial score (nSPS) is 13.2. The summed E-state index contributed by atoms with van der Waals surface area (Å²) in [4.78, 5) is 11.3. The van der Waals surface area contributed by atoms with Gasteiger partial charge in [0.15, 0.2) is 6.61 Å². The van der Waals surface area contributed by atoms with Gasteiger partial charge in [-0.2, -0.15) is 0 Å². The zero-order valence-corrected chi connectivity index (χ0v) is 18.3. The van der Waals surface area contributed by atoms with Gasteiger partial charge < -0.3 is 20.1 Å². The number of nitrogens with one attached hydrogen (secondary N) is 2. The quantitative estimate of drug-likeness (QED) is 0.575. The number of likely N-dealkylation sites (N-methyl/N-ethyl adjacent to an activating group) is 1. The van der Waals surface area contributed by atoms with E-state index in [0.29, 0.717) is 17.3 Å². The van der Waals surface area contributed by atoms with Gasteiger partial charge >= 0.3 is 0 Å². The molecule has 2 N–H and O–H groups in total. The van der Waals surface area contributed by atoms with Crippen LogP contribution in [0.5, 0.6) is 5.75 Å². The molecular formula is C23H31ClN2O3. The van der Waals surface area contributed by atoms with Crippen molar-refractivity contribution in [2.45, 2.75) is 45.4 Å². The van der Waals surface area contributed by atoms with Crippen molar-refractivity contribution >= 4 is 17.5 Å². The molecule has 0 aliphatic heterocycles. The minimum absolute atomic E-state index is 0.0224. The molecule has 0 aromatic heterocycles. The maximum atomic E-state index is 11.3. The van der Waals surface area contributed by atoms with E-state index in [2.05, 4.69) is 17.6 Å². The van der Waals surface area contributed by atoms with E-state index in [1.54, 1.807) is 7.05 Å². The second-order valence-electron chi connectivity index (χ2n) is 7.35. The van der Waals surface area contributed by atoms with Crippen LogP contribution in [0.1, 0.15) is 38.0 Å². The molecule has 0 saturated carbocycles. The summed E-state index contributed by atoms with van der Waals surface area (Å²) in [5.41, 5.74) is 2.27. The number of ether oxygens (including phenoxy) is 2. The lowest BCUT2D eigenvalue weighted by Crippen LogP contribution is -2.33. The topological polar surface area (TPSA) is 59.6 Å². The highest BCUT2D eigenvalue weighted by Gasteiger charge is 2.16. The van der Waals surface area contributed by atoms with Gasteiger partial charge in [-0.1, -0.05) is 35.9 Å². The molecule has 2 unspecified atom stereocenters. The van der Waals surface area contributed by atoms with Crippen molar-refractivity contribution in [2.24, 2.45) is 0 Å². The Morgan fingerprint density at radius 3 is 2.45 bits per heavy atom. The summed E-state index contributed by atoms with van der Waals surface area (Å²) in [6.45, 7) is 6.95. The van der Waals surface area contributed by atoms with Crippen LogP contribution >= 0.6 is 11.6 Å². The molecule has 0 aliphatic carbocycles. The lowest BCUT2D eigenvalue weighted by molar-refractivity contribution is -0.122. The Labute approximate surface area is 178 Å². The van der Waals surface area contributed by atoms with Crippen LogP contribution in [-0.2, 0) is 16.0 Å². The molecule has 0 fully saturated rings. The van der Waals surface area contributed by atoms with Crippen LogP contribution in [0.25, 0.3) is 0 Å². The number of hydrogen-bond acceptors (Lipinski definition) is 4. The number of benzene rings is 2. The first-order chi connectivity index (χ1) is 13.9. The molecule has 6 heteroatoms. The van der Waals surface area contributed by atoms with E-state index in [0.717, 1.165) is 12.0 Å². The predicted molar refractivity (Wildman–Crippen MR) is 118 cm³/mol. The highest BCUT2D eigenvalue weighted by Crippen LogP contribution is 2.22. The molecular weight excluding hydrogens is 388 g/mol. The van der Waals surface area contributed by atoms with Gasteiger partial charge in [-0.25, -0.2) is 0 Å². The Bertz CT molecular complexity index is 765. The molecule has 0 bridgehead atoms. The molecule has 2 rings (SSSR count). The number of hydrogen-bond donors (Lipinski definition) is 2. The van der Waals surface area contributed by atoms with Crippen molar-refractivity contribution in [2.75, 3.05) is 20.2 Å². The number of amides is 1. The van der Waals surface area contributed by atoms with E-state index in [9.17, 15) is 4.79 Å². The van der Waals surface area contributed by atoms with Crippen LogP contribution in [-0.4, -0.2) is 38.3 Å². The van der Waals surface area contributed by atoms with Crippen LogP contribution < -0.4 is 15.4 Å². The fraction of sp³-hybridized carbons (Fsp3) is 0.435. The van der Waals surface area contributed by atoms with E-state index < -0.39 is 0 Å². The van der Waals surface area contributed by atoms with Crippen LogP contribution in [0, 0.1) is 0 Å². The average molecular weight is 419 g/mol. The van der Waals surface area contributed by atoms with Gasteiger partial charge in [0.05, 0.1) is 12.2 Å². The molecule has 2 aromatic rings. The summed E-state index contributed by atoms with van der Waals surface area (Å²) >= 11 is 6.15. The van der Waals surface area contributed by atoms with Crippen molar-refractivity contribution < 1.29 is 14.3 Å². The number of carbonyl (C=O) groups excluding carboxylic acids is 1. The summed E-state index contributed by atoms with van der Waals surface area (Å²) in [6.07, 6.45) is 0.940. The monoisotopic (exact) mass is 418 g/mol. The summed E-state index contributed by atoms with van der Waals surface area (Å²) in [7, 11) is 1.59. The van der Waals surface area contributed by atoms with Crippen molar-refractivity contribution in [3.63, 3.8) is 0 Å². The third-order valence-electron chi connectivity index (χ3n) is 4.42. The van der Waals surface area contributed by atoms with Crippen LogP contribution in [0.4, 0.5) is 0 Å². The highest BCUT2D eigenvalue weighted by atomic mass is 35.5. The van der Waals surface area contributed by atoms with E-state index in [-0.39, 0.29) is 30.8 Å². The maximum Gasteiger partial charge on any atom is 0.257 e. The van der Waals surface area contributed by atoms with Crippen LogP contribution in [0.2, 0.25) is 5.02 Å². The van der Waals surface area contributed by atoms with Crippen molar-refractivity contribution in [3.8, 4) is 5.75 Å². The first kappa shape index (κ1) is 23.2. The zero-order valence-electron chi connectivity index (χ0n) is 17.6. The van der Waals surface area contributed by atoms with Gasteiger partial charge in [0.1, 0.15) is 5.75 Å². The Balaban J connectivity index is 1.88. The Kier molecular flexibility index (Phi) is 9.45. The van der Waals surface area contributed by atoms with Gasteiger partial charge in [0.2, 0.25) is 0 Å². The Morgan fingerprint density at radius 2 is 1.83 bits per heavy atom. The first-order valence-corrected chi connectivity index (χ1v) is 10.3. The summed E-state index contributed by atoms with van der Waals surface area (Å²) in [6, 6.07) is 15.9. The van der Waals surface area contributed by atoms with Gasteiger partial charge in [-0.05, 0) is 62.6 Å². The molecule has 2 atom stereocenters. The molecule has 29 heavy (non-hydrogen) atoms. The lowest BCUT2D eigenvalue weighted by Gasteiger charge is -2.24. The van der Waals surface area contributed by atoms with Gasteiger partial charge in [-0.3, -0.25) is 4.79 Å². The summed E-state index contributed by atoms with van der Waals surface area (Å²) < 4.78 is 11.5. The fourth-order valence-corrected chi connectivity index (χ4v) is 3.16. The molecule has 2 aromatic carbocycles. The van der Waals surface area contributed by atoms with E-state index in [1.165, 1.54) is 5.56 Å². The molecule has 0 radical (unpaired) electrons. The third kappa shape index (κ3) is 8.44. The number of carbonyl (C=O) groups is 1. The fourth-order valence-electron chi connectivity index (χ4n) is 2.96. The van der Waals surface area contributed by atoms with Gasteiger partial charge in [0, 0.05) is 24.7 Å². The molecule has 0 saturated heterocycles. The molecule has 1 amide bonds. The van der Waals surface area contributed by atoms with Crippen molar-refractivity contribution in [1.29, 1.82) is 0 Å². The minimum Gasteiger partial charge on any atom is -0.484 e. The predicted octanol–water partition coefficient (Wildman–Crippen LogP) is 4.15. The lowest BCUT2D eigenvalue weighted by atomic mass is 10.1. The molecule has 5 nitrogen and oxygen atoms in total. The molecule has 158 valence electrons. The van der Waals surface area contributed by atoms with E-state index in [1.807, 2.05) is 62.4 Å². The third-order valence-corrected chi connectivity index (χ3v) is 4.66. The zero-order chi connectivity index (χ0) is 21.2. The number of rotatable bonds is 11. The van der Waals surface area contributed by atoms with Crippen molar-refractivity contribution in [1.82, 2.24) is 10.6 Å². The van der Waals surface area contributed by atoms with E-state index >= 15 is 0 Å². The number of halogens is 1. The van der Waals surface area contributed by atoms with Crippen LogP contribution in [0.3, 0.4) is 0 Å². The Morgan fingerprint density at radius 1 is 1.10 bits per heavy atom. The smallest absolute Gasteiger partial charge is 0.257 e. The van der Waals surface area contributed by atoms with Gasteiger partial charge in [-0.15, -0.1) is 0 Å². The second-order valence-corrected chi connectivity index (χ2v) is 7.78. The van der Waals surface area contributed by atoms with Crippen LogP contribution in [0.15, 0.2) is 48.5 Å². The van der Waals surface area contributed by atoms with Gasteiger partial charge in [0.25, 0.3) is 5.91 Å². The summed E-state index contributed by atoms with van der Waals surface area (Å²) in [5, 5.41) is 6.81. The molecule has 0 aliphatic rings. The van der Waals surface area contributed by atoms with Crippen molar-refractivity contribution in [3.05, 3.63) is 64.7 Å². The standard InChI is InChI=1S/C23H31ClN2O3/c1-16(2)29-22(19-6-5-7-20(24)13-19)14-26-17(3)12-18-8-10-21(11-9-18)28-15-23(27)25-4/h5-11,13,16-17,22,26H,12,14-15H2,1-4H3,(H,25,27). The van der Waals surface area contributed by atoms with E-state index in [4.69, 9.17) is 21.1 Å². The first-order valence-electron chi connectivity index (χ1n) is 9.94. The Hall–Kier alpha value is -2.08. The minimum atomic E-state index is -0.148. The second kappa shape index (κ2) is 11.8. The largest absolute Gasteiger partial charge is 0.484 e. The molecule has 0 spiro atoms. The summed E-state index contributed by atoms with van der Waals surface area (Å²) in [5.74, 6) is 0.536. The average Bonchev–Trinajstić information content (AvgIpc) is 2.70. The SMILES string of the molecule is CNC(=O)COc1ccc(CC(C)NCC(OC(C)C)c2cccc(Cl)c2)cc1. The molecule has 0 heterocycles. The maximum absolute atomic E-state index is 11.3. The highest BCUT2D eigenvalue weighted by molar-refractivity contribution is 6.30.